The van der Waals surface area contributed by atoms with Gasteiger partial charge in [-0.15, -0.1) is 0 Å². The van der Waals surface area contributed by atoms with E-state index in [-0.39, 0.29) is 6.29 Å². The van der Waals surface area contributed by atoms with Crippen LogP contribution in [-0.2, 0) is 9.47 Å². The van der Waals surface area contributed by atoms with Crippen LogP contribution in [-0.4, -0.2) is 29.4 Å². The van der Waals surface area contributed by atoms with Crippen LogP contribution < -0.4 is 10.4 Å². The second-order valence-electron chi connectivity index (χ2n) is 7.44. The molecule has 1 heterocycles. The van der Waals surface area contributed by atoms with Crippen molar-refractivity contribution in [3.63, 3.8) is 0 Å². The molecule has 1 aromatic carbocycles. The Morgan fingerprint density at radius 3 is 1.90 bits per heavy atom. The Morgan fingerprint density at radius 1 is 0.952 bits per heavy atom. The minimum atomic E-state index is -1.29. The fourth-order valence-electron chi connectivity index (χ4n) is 3.92. The smallest absolute Gasteiger partial charge is 0.184 e. The van der Waals surface area contributed by atoms with Crippen LogP contribution in [0.1, 0.15) is 31.3 Å². The number of hydrogen-bond acceptors (Lipinski definition) is 2. The largest absolute Gasteiger partial charge is 0.349 e. The molecule has 2 nitrogen and oxygen atoms in total. The van der Waals surface area contributed by atoms with E-state index < -0.39 is 16.1 Å². The van der Waals surface area contributed by atoms with Crippen molar-refractivity contribution in [2.75, 3.05) is 13.2 Å². The van der Waals surface area contributed by atoms with E-state index in [0.29, 0.717) is 13.2 Å². The van der Waals surface area contributed by atoms with Crippen molar-refractivity contribution in [3.8, 4) is 0 Å². The molecule has 0 unspecified atom stereocenters. The van der Waals surface area contributed by atoms with E-state index in [1.54, 1.807) is 10.4 Å². The van der Waals surface area contributed by atoms with E-state index >= 15 is 0 Å². The topological polar surface area (TPSA) is 18.5 Å². The van der Waals surface area contributed by atoms with Crippen molar-refractivity contribution in [3.05, 3.63) is 23.3 Å². The molecule has 0 bridgehead atoms. The Bertz CT molecular complexity index is 518. The molecular formula is C17H30O2Si2. The second kappa shape index (κ2) is 5.99. The highest BCUT2D eigenvalue weighted by Gasteiger charge is 2.45. The lowest BCUT2D eigenvalue weighted by molar-refractivity contribution is -0.140. The average molecular weight is 323 g/mol. The Labute approximate surface area is 131 Å². The quantitative estimate of drug-likeness (QED) is 0.610. The monoisotopic (exact) mass is 322 g/mol. The molecule has 0 atom stereocenters. The van der Waals surface area contributed by atoms with Gasteiger partial charge < -0.3 is 9.47 Å². The van der Waals surface area contributed by atoms with Crippen LogP contribution >= 0.6 is 0 Å². The maximum Gasteiger partial charge on any atom is 0.184 e. The third-order valence-corrected chi connectivity index (χ3v) is 15.7. The van der Waals surface area contributed by atoms with Gasteiger partial charge in [0.05, 0.1) is 16.1 Å². The first-order valence-electron chi connectivity index (χ1n) is 8.11. The summed E-state index contributed by atoms with van der Waals surface area (Å²) in [5, 5.41) is 3.34. The molecule has 0 fully saturated rings. The zero-order chi connectivity index (χ0) is 15.8. The van der Waals surface area contributed by atoms with Crippen LogP contribution in [0.2, 0.25) is 31.9 Å². The first kappa shape index (κ1) is 16.9. The summed E-state index contributed by atoms with van der Waals surface area (Å²) in [5.74, 6) is 0. The molecule has 0 saturated heterocycles. The van der Waals surface area contributed by atoms with E-state index in [9.17, 15) is 0 Å². The summed E-state index contributed by atoms with van der Waals surface area (Å²) < 4.78 is 11.7. The van der Waals surface area contributed by atoms with E-state index in [0.717, 1.165) is 0 Å². The third kappa shape index (κ3) is 3.18. The van der Waals surface area contributed by atoms with Crippen molar-refractivity contribution < 1.29 is 9.47 Å². The van der Waals surface area contributed by atoms with Gasteiger partial charge in [-0.1, -0.05) is 54.4 Å². The fraction of sp³-hybridized carbons (Fsp3) is 0.647. The van der Waals surface area contributed by atoms with Gasteiger partial charge >= 0.3 is 0 Å². The number of ether oxygens (including phenoxy) is 2. The summed E-state index contributed by atoms with van der Waals surface area (Å²) in [6, 6.07) is 4.87. The van der Waals surface area contributed by atoms with Crippen molar-refractivity contribution >= 4 is 26.5 Å². The highest BCUT2D eigenvalue weighted by atomic mass is 28.4. The number of aryl methyl sites for hydroxylation is 1. The van der Waals surface area contributed by atoms with Gasteiger partial charge in [0.2, 0.25) is 0 Å². The van der Waals surface area contributed by atoms with E-state index in [4.69, 9.17) is 9.47 Å². The van der Waals surface area contributed by atoms with Crippen LogP contribution in [0.15, 0.2) is 12.1 Å². The van der Waals surface area contributed by atoms with Crippen LogP contribution in [0.4, 0.5) is 0 Å². The summed E-state index contributed by atoms with van der Waals surface area (Å²) in [6.45, 7) is 17.7. The molecule has 0 aromatic heterocycles. The molecule has 1 aromatic rings. The third-order valence-electron chi connectivity index (χ3n) is 4.64. The van der Waals surface area contributed by atoms with Crippen molar-refractivity contribution in [1.82, 2.24) is 0 Å². The molecule has 0 aliphatic carbocycles. The van der Waals surface area contributed by atoms with E-state index in [2.05, 4.69) is 45.2 Å². The molecule has 0 spiro atoms. The second-order valence-corrected chi connectivity index (χ2v) is 17.5. The molecule has 2 rings (SSSR count). The zero-order valence-electron chi connectivity index (χ0n) is 14.7. The SMILES string of the molecule is CCOC(OCC)c1cc2c(cc1C)[Si](C)(C)C[Si]2(C)C. The van der Waals surface area contributed by atoms with Gasteiger partial charge in [-0.25, -0.2) is 0 Å². The number of rotatable bonds is 5. The molecule has 4 heteroatoms. The van der Waals surface area contributed by atoms with Crippen molar-refractivity contribution in [2.45, 2.75) is 58.9 Å². The lowest BCUT2D eigenvalue weighted by atomic mass is 10.1. The Morgan fingerprint density at radius 2 is 1.43 bits per heavy atom. The van der Waals surface area contributed by atoms with Crippen LogP contribution in [0, 0.1) is 6.92 Å². The highest BCUT2D eigenvalue weighted by molar-refractivity contribution is 7.14. The standard InChI is InChI=1S/C17H30O2Si2/c1-8-18-17(19-9-2)14-11-16-15(10-13(14)3)20(4,5)12-21(16,6)7/h10-11,17H,8-9,12H2,1-7H3. The van der Waals surface area contributed by atoms with Crippen molar-refractivity contribution in [2.24, 2.45) is 0 Å². The lowest BCUT2D eigenvalue weighted by Gasteiger charge is -2.23. The molecule has 0 radical (unpaired) electrons. The maximum absolute atomic E-state index is 5.83. The van der Waals surface area contributed by atoms with Gasteiger partial charge in [0.1, 0.15) is 0 Å². The van der Waals surface area contributed by atoms with Gasteiger partial charge in [0.25, 0.3) is 0 Å². The number of fused-ring (bicyclic) bond motifs is 1. The van der Waals surface area contributed by atoms with Crippen LogP contribution in [0.3, 0.4) is 0 Å². The Kier molecular flexibility index (Phi) is 4.83. The molecule has 21 heavy (non-hydrogen) atoms. The van der Waals surface area contributed by atoms with Crippen LogP contribution in [0.25, 0.3) is 0 Å². The summed E-state index contributed by atoms with van der Waals surface area (Å²) in [4.78, 5) is 0. The molecule has 1 aliphatic rings. The first-order chi connectivity index (χ1) is 9.73. The van der Waals surface area contributed by atoms with E-state index in [1.165, 1.54) is 16.8 Å². The normalized spacial score (nSPS) is 19.0. The molecule has 0 amide bonds. The van der Waals surface area contributed by atoms with Crippen LogP contribution in [0.5, 0.6) is 0 Å². The summed E-state index contributed by atoms with van der Waals surface area (Å²) in [6.07, 6.45) is -0.208. The summed E-state index contributed by atoms with van der Waals surface area (Å²) >= 11 is 0. The minimum Gasteiger partial charge on any atom is -0.349 e. The molecule has 1 aliphatic heterocycles. The van der Waals surface area contributed by atoms with Gasteiger partial charge in [0, 0.05) is 18.8 Å². The maximum atomic E-state index is 5.83. The van der Waals surface area contributed by atoms with E-state index in [1.807, 2.05) is 13.8 Å². The fourth-order valence-corrected chi connectivity index (χ4v) is 19.1. The molecule has 0 saturated carbocycles. The average Bonchev–Trinajstić information content (AvgIpc) is 2.54. The van der Waals surface area contributed by atoms with Gasteiger partial charge in [0.15, 0.2) is 6.29 Å². The van der Waals surface area contributed by atoms with Gasteiger partial charge in [-0.2, -0.15) is 0 Å². The molecule has 118 valence electrons. The number of hydrogen-bond donors (Lipinski definition) is 0. The number of benzene rings is 1. The first-order valence-corrected chi connectivity index (χ1v) is 14.5. The predicted molar refractivity (Wildman–Crippen MR) is 96.2 cm³/mol. The highest BCUT2D eigenvalue weighted by Crippen LogP contribution is 2.30. The Hall–Kier alpha value is -0.426. The van der Waals surface area contributed by atoms with Gasteiger partial charge in [-0.05, 0) is 26.3 Å². The predicted octanol–water partition coefficient (Wildman–Crippen LogP) is 3.45. The van der Waals surface area contributed by atoms with Gasteiger partial charge in [-0.3, -0.25) is 0 Å². The summed E-state index contributed by atoms with van der Waals surface area (Å²) in [7, 11) is -2.53. The molecule has 0 N–H and O–H groups in total. The van der Waals surface area contributed by atoms with Crippen molar-refractivity contribution in [1.29, 1.82) is 0 Å². The summed E-state index contributed by atoms with van der Waals surface area (Å²) in [5.41, 5.74) is 4.03. The lowest BCUT2D eigenvalue weighted by Crippen LogP contribution is -2.44. The molecular weight excluding hydrogens is 292 g/mol. The zero-order valence-corrected chi connectivity index (χ0v) is 16.7. The minimum absolute atomic E-state index is 0.208. The Balaban J connectivity index is 2.52.